The zero-order chi connectivity index (χ0) is 16.2. The highest BCUT2D eigenvalue weighted by atomic mass is 16.2. The summed E-state index contributed by atoms with van der Waals surface area (Å²) in [6, 6.07) is 0. The number of carbonyl (C=O) groups excluding carboxylic acids is 1. The van der Waals surface area contributed by atoms with Crippen LogP contribution in [0.4, 0.5) is 11.6 Å². The van der Waals surface area contributed by atoms with Crippen molar-refractivity contribution in [2.75, 3.05) is 30.8 Å². The second-order valence-corrected chi connectivity index (χ2v) is 6.12. The number of anilines is 2. The summed E-state index contributed by atoms with van der Waals surface area (Å²) in [4.78, 5) is 22.6. The lowest BCUT2D eigenvalue weighted by molar-refractivity contribution is -0.119. The Kier molecular flexibility index (Phi) is 5.93. The number of aromatic nitrogens is 2. The summed E-state index contributed by atoms with van der Waals surface area (Å²) in [5.41, 5.74) is 6.75. The molecule has 0 bridgehead atoms. The van der Waals surface area contributed by atoms with Crippen molar-refractivity contribution in [1.82, 2.24) is 15.3 Å². The molecular formula is C15H27N5O. The first-order valence-corrected chi connectivity index (χ1v) is 7.34. The molecule has 1 rings (SSSR count). The molecule has 0 aliphatic rings. The predicted octanol–water partition coefficient (Wildman–Crippen LogP) is 1.70. The molecule has 1 aromatic rings. The van der Waals surface area contributed by atoms with E-state index in [9.17, 15) is 4.79 Å². The van der Waals surface area contributed by atoms with Crippen LogP contribution in [0.5, 0.6) is 0 Å². The maximum absolute atomic E-state index is 11.9. The third-order valence-electron chi connectivity index (χ3n) is 3.14. The molecule has 3 N–H and O–H groups in total. The van der Waals surface area contributed by atoms with Gasteiger partial charge in [0.1, 0.15) is 17.5 Å². The average Bonchev–Trinajstić information content (AvgIpc) is 2.38. The molecule has 6 nitrogen and oxygen atoms in total. The lowest BCUT2D eigenvalue weighted by Crippen LogP contribution is -2.37. The lowest BCUT2D eigenvalue weighted by Gasteiger charge is -2.22. The Morgan fingerprint density at radius 1 is 1.29 bits per heavy atom. The van der Waals surface area contributed by atoms with Gasteiger partial charge in [-0.25, -0.2) is 9.97 Å². The number of nitrogens with zero attached hydrogens (tertiary/aromatic N) is 3. The van der Waals surface area contributed by atoms with Crippen LogP contribution < -0.4 is 16.0 Å². The molecule has 0 fully saturated rings. The Hall–Kier alpha value is -1.85. The zero-order valence-electron chi connectivity index (χ0n) is 13.9. The summed E-state index contributed by atoms with van der Waals surface area (Å²) in [7, 11) is 1.84. The first-order chi connectivity index (χ1) is 9.72. The monoisotopic (exact) mass is 293 g/mol. The fourth-order valence-corrected chi connectivity index (χ4v) is 1.83. The van der Waals surface area contributed by atoms with Crippen molar-refractivity contribution in [3.05, 3.63) is 11.4 Å². The second-order valence-electron chi connectivity index (χ2n) is 6.12. The van der Waals surface area contributed by atoms with Crippen LogP contribution in [-0.2, 0) is 4.79 Å². The Labute approximate surface area is 127 Å². The van der Waals surface area contributed by atoms with Crippen molar-refractivity contribution in [2.24, 2.45) is 5.92 Å². The molecule has 0 saturated heterocycles. The minimum atomic E-state index is -0.0196. The summed E-state index contributed by atoms with van der Waals surface area (Å²) in [5, 5.41) is 2.90. The van der Waals surface area contributed by atoms with Crippen LogP contribution in [0.1, 0.15) is 45.0 Å². The van der Waals surface area contributed by atoms with Gasteiger partial charge in [-0.1, -0.05) is 27.7 Å². The normalized spacial score (nSPS) is 11.0. The largest absolute Gasteiger partial charge is 0.383 e. The maximum atomic E-state index is 11.9. The lowest BCUT2D eigenvalue weighted by atomic mass is 10.2. The van der Waals surface area contributed by atoms with Crippen LogP contribution in [0.15, 0.2) is 0 Å². The van der Waals surface area contributed by atoms with Gasteiger partial charge in [0.25, 0.3) is 0 Å². The Balaban J connectivity index is 2.86. The van der Waals surface area contributed by atoms with Crippen molar-refractivity contribution < 1.29 is 4.79 Å². The van der Waals surface area contributed by atoms with Gasteiger partial charge < -0.3 is 16.0 Å². The van der Waals surface area contributed by atoms with Gasteiger partial charge in [0.2, 0.25) is 5.91 Å². The van der Waals surface area contributed by atoms with E-state index in [0.717, 1.165) is 5.56 Å². The van der Waals surface area contributed by atoms with E-state index < -0.39 is 0 Å². The van der Waals surface area contributed by atoms with Crippen molar-refractivity contribution in [3.8, 4) is 0 Å². The van der Waals surface area contributed by atoms with E-state index in [4.69, 9.17) is 5.73 Å². The fourth-order valence-electron chi connectivity index (χ4n) is 1.83. The van der Waals surface area contributed by atoms with Gasteiger partial charge in [0.05, 0.1) is 6.54 Å². The van der Waals surface area contributed by atoms with Gasteiger partial charge >= 0.3 is 0 Å². The van der Waals surface area contributed by atoms with Crippen LogP contribution in [0.3, 0.4) is 0 Å². The van der Waals surface area contributed by atoms with Crippen LogP contribution in [-0.4, -0.2) is 36.0 Å². The van der Waals surface area contributed by atoms with E-state index in [1.807, 2.05) is 32.7 Å². The minimum absolute atomic E-state index is 0.0196. The predicted molar refractivity (Wildman–Crippen MR) is 86.4 cm³/mol. The smallest absolute Gasteiger partial charge is 0.239 e. The van der Waals surface area contributed by atoms with E-state index >= 15 is 0 Å². The van der Waals surface area contributed by atoms with Gasteiger partial charge in [0, 0.05) is 25.1 Å². The topological polar surface area (TPSA) is 84.1 Å². The summed E-state index contributed by atoms with van der Waals surface area (Å²) >= 11 is 0. The molecule has 0 aromatic carbocycles. The number of nitrogens with two attached hydrogens (primary N) is 1. The second kappa shape index (κ2) is 7.24. The SMILES string of the molecule is Cc1c(N)nc(C(C)C)nc1N(C)CC(=O)NCC(C)C. The number of carbonyl (C=O) groups is 1. The summed E-state index contributed by atoms with van der Waals surface area (Å²) in [6.07, 6.45) is 0. The molecule has 21 heavy (non-hydrogen) atoms. The van der Waals surface area contributed by atoms with Crippen LogP contribution in [0.2, 0.25) is 0 Å². The quantitative estimate of drug-likeness (QED) is 0.834. The average molecular weight is 293 g/mol. The standard InChI is InChI=1S/C15H27N5O/c1-9(2)7-17-12(21)8-20(6)15-11(5)13(16)18-14(19-15)10(3)4/h9-10H,7-8H2,1-6H3,(H,17,21)(H2,16,18,19). The highest BCUT2D eigenvalue weighted by Gasteiger charge is 2.16. The van der Waals surface area contributed by atoms with Gasteiger partial charge in [-0.2, -0.15) is 0 Å². The number of likely N-dealkylation sites (N-methyl/N-ethyl adjacent to an activating group) is 1. The summed E-state index contributed by atoms with van der Waals surface area (Å²) < 4.78 is 0. The first-order valence-electron chi connectivity index (χ1n) is 7.34. The number of nitrogen functional groups attached to an aromatic ring is 1. The van der Waals surface area contributed by atoms with Gasteiger partial charge in [-0.05, 0) is 12.8 Å². The number of rotatable bonds is 6. The van der Waals surface area contributed by atoms with Gasteiger partial charge in [-0.15, -0.1) is 0 Å². The van der Waals surface area contributed by atoms with Crippen LogP contribution >= 0.6 is 0 Å². The Bertz CT molecular complexity index is 499. The zero-order valence-corrected chi connectivity index (χ0v) is 13.9. The van der Waals surface area contributed by atoms with Gasteiger partial charge in [0.15, 0.2) is 0 Å². The molecule has 6 heteroatoms. The van der Waals surface area contributed by atoms with Crippen molar-refractivity contribution in [2.45, 2.75) is 40.5 Å². The molecule has 0 saturated carbocycles. The van der Waals surface area contributed by atoms with Crippen molar-refractivity contribution in [3.63, 3.8) is 0 Å². The number of nitrogens with one attached hydrogen (secondary N) is 1. The summed E-state index contributed by atoms with van der Waals surface area (Å²) in [6.45, 7) is 11.0. The Morgan fingerprint density at radius 2 is 1.90 bits per heavy atom. The Morgan fingerprint density at radius 3 is 2.43 bits per heavy atom. The van der Waals surface area contributed by atoms with Crippen molar-refractivity contribution >= 4 is 17.5 Å². The highest BCUT2D eigenvalue weighted by Crippen LogP contribution is 2.23. The molecule has 0 spiro atoms. The summed E-state index contributed by atoms with van der Waals surface area (Å²) in [5.74, 6) is 2.48. The molecule has 1 aromatic heterocycles. The van der Waals surface area contributed by atoms with E-state index in [-0.39, 0.29) is 18.4 Å². The maximum Gasteiger partial charge on any atom is 0.239 e. The first kappa shape index (κ1) is 17.2. The molecule has 0 aliphatic carbocycles. The third-order valence-corrected chi connectivity index (χ3v) is 3.14. The van der Waals surface area contributed by atoms with Gasteiger partial charge in [-0.3, -0.25) is 4.79 Å². The molecule has 0 atom stereocenters. The number of hydrogen-bond acceptors (Lipinski definition) is 5. The molecule has 0 unspecified atom stereocenters. The minimum Gasteiger partial charge on any atom is -0.383 e. The van der Waals surface area contributed by atoms with E-state index in [1.54, 1.807) is 0 Å². The molecule has 118 valence electrons. The number of amides is 1. The molecule has 0 radical (unpaired) electrons. The van der Waals surface area contributed by atoms with Crippen LogP contribution in [0, 0.1) is 12.8 Å². The van der Waals surface area contributed by atoms with E-state index in [1.165, 1.54) is 0 Å². The van der Waals surface area contributed by atoms with E-state index in [0.29, 0.717) is 29.9 Å². The molecule has 0 aliphatic heterocycles. The fraction of sp³-hybridized carbons (Fsp3) is 0.667. The van der Waals surface area contributed by atoms with E-state index in [2.05, 4.69) is 29.1 Å². The van der Waals surface area contributed by atoms with Crippen molar-refractivity contribution in [1.29, 1.82) is 0 Å². The third kappa shape index (κ3) is 4.88. The molecular weight excluding hydrogens is 266 g/mol. The molecule has 1 heterocycles. The molecule has 1 amide bonds. The van der Waals surface area contributed by atoms with Crippen LogP contribution in [0.25, 0.3) is 0 Å². The highest BCUT2D eigenvalue weighted by molar-refractivity contribution is 5.81. The number of hydrogen-bond donors (Lipinski definition) is 2.